The summed E-state index contributed by atoms with van der Waals surface area (Å²) in [6, 6.07) is 16.5. The van der Waals surface area contributed by atoms with Crippen molar-refractivity contribution in [3.63, 3.8) is 0 Å². The van der Waals surface area contributed by atoms with Crippen LogP contribution < -0.4 is 0 Å². The molecule has 92 valence electrons. The topological polar surface area (TPSA) is 0 Å². The van der Waals surface area contributed by atoms with E-state index >= 15 is 0 Å². The van der Waals surface area contributed by atoms with Crippen LogP contribution in [0, 0.1) is 0 Å². The van der Waals surface area contributed by atoms with Gasteiger partial charge in [0.25, 0.3) is 0 Å². The maximum Gasteiger partial charge on any atom is 0.0448 e. The molecule has 1 aliphatic carbocycles. The summed E-state index contributed by atoms with van der Waals surface area (Å²) in [6.07, 6.45) is 1.98. The molecule has 2 aromatic rings. The lowest BCUT2D eigenvalue weighted by atomic mass is 9.74. The lowest BCUT2D eigenvalue weighted by Gasteiger charge is -2.33. The molecule has 0 amide bonds. The molecule has 3 rings (SSSR count). The predicted molar refractivity (Wildman–Crippen MR) is 77.7 cm³/mol. The van der Waals surface area contributed by atoms with Gasteiger partial charge in [0.2, 0.25) is 0 Å². The van der Waals surface area contributed by atoms with Crippen LogP contribution in [0.1, 0.15) is 22.6 Å². The zero-order valence-electron chi connectivity index (χ0n) is 9.94. The van der Waals surface area contributed by atoms with Crippen molar-refractivity contribution in [2.75, 3.05) is 0 Å². The predicted octanol–water partition coefficient (Wildman–Crippen LogP) is 4.83. The fourth-order valence-electron chi connectivity index (χ4n) is 2.65. The summed E-state index contributed by atoms with van der Waals surface area (Å²) >= 11 is 12.5. The first kappa shape index (κ1) is 12.1. The molecule has 0 saturated carbocycles. The fourth-order valence-corrected chi connectivity index (χ4v) is 3.27. The highest BCUT2D eigenvalue weighted by molar-refractivity contribution is 6.30. The largest absolute Gasteiger partial charge is 0.122 e. The van der Waals surface area contributed by atoms with Crippen molar-refractivity contribution < 1.29 is 0 Å². The number of benzene rings is 2. The summed E-state index contributed by atoms with van der Waals surface area (Å²) in [7, 11) is 0. The molecule has 0 radical (unpaired) electrons. The van der Waals surface area contributed by atoms with Gasteiger partial charge in [-0.25, -0.2) is 0 Å². The van der Waals surface area contributed by atoms with E-state index in [0.29, 0.717) is 5.92 Å². The van der Waals surface area contributed by atoms with E-state index in [0.717, 1.165) is 17.9 Å². The van der Waals surface area contributed by atoms with Crippen LogP contribution in [0.25, 0.3) is 0 Å². The number of halogens is 2. The van der Waals surface area contributed by atoms with Gasteiger partial charge in [-0.1, -0.05) is 48.0 Å². The van der Waals surface area contributed by atoms with E-state index in [1.807, 2.05) is 18.2 Å². The molecule has 0 aliphatic heterocycles. The highest BCUT2D eigenvalue weighted by Crippen LogP contribution is 2.40. The highest BCUT2D eigenvalue weighted by Gasteiger charge is 2.31. The maximum atomic E-state index is 6.55. The van der Waals surface area contributed by atoms with E-state index in [9.17, 15) is 0 Å². The number of hydrogen-bond donors (Lipinski definition) is 0. The number of alkyl halides is 1. The molecule has 18 heavy (non-hydrogen) atoms. The lowest BCUT2D eigenvalue weighted by molar-refractivity contribution is 0.567. The van der Waals surface area contributed by atoms with E-state index in [-0.39, 0.29) is 5.38 Å². The Morgan fingerprint density at radius 1 is 1.11 bits per heavy atom. The monoisotopic (exact) mass is 276 g/mol. The van der Waals surface area contributed by atoms with E-state index in [4.69, 9.17) is 23.2 Å². The van der Waals surface area contributed by atoms with Crippen LogP contribution in [0.3, 0.4) is 0 Å². The molecular formula is C16H14Cl2. The van der Waals surface area contributed by atoms with Crippen LogP contribution in [0.2, 0.25) is 5.02 Å². The molecule has 2 atom stereocenters. The Kier molecular flexibility index (Phi) is 3.32. The Morgan fingerprint density at radius 3 is 2.72 bits per heavy atom. The van der Waals surface area contributed by atoms with Crippen molar-refractivity contribution in [3.8, 4) is 0 Å². The number of hydrogen-bond acceptors (Lipinski definition) is 0. The molecule has 2 unspecified atom stereocenters. The molecule has 1 aliphatic rings. The van der Waals surface area contributed by atoms with Crippen LogP contribution in [-0.2, 0) is 12.8 Å². The summed E-state index contributed by atoms with van der Waals surface area (Å²) in [5.41, 5.74) is 4.07. The standard InChI is InChI=1S/C16H14Cl2/c17-13-6-3-4-11(8-13)9-16(18)15-10-12-5-1-2-7-14(12)15/h1-8,15-16H,9-10H2. The van der Waals surface area contributed by atoms with Crippen LogP contribution in [0.5, 0.6) is 0 Å². The first-order chi connectivity index (χ1) is 8.74. The Balaban J connectivity index is 1.72. The lowest BCUT2D eigenvalue weighted by Crippen LogP contribution is -2.26. The second-order valence-corrected chi connectivity index (χ2v) is 5.86. The van der Waals surface area contributed by atoms with Gasteiger partial charge in [-0.15, -0.1) is 11.6 Å². The normalized spacial score (nSPS) is 18.9. The van der Waals surface area contributed by atoms with Crippen LogP contribution in [0.15, 0.2) is 48.5 Å². The van der Waals surface area contributed by atoms with E-state index in [2.05, 4.69) is 30.3 Å². The Morgan fingerprint density at radius 2 is 1.94 bits per heavy atom. The molecule has 0 N–H and O–H groups in total. The summed E-state index contributed by atoms with van der Waals surface area (Å²) in [4.78, 5) is 0. The molecule has 2 aromatic carbocycles. The summed E-state index contributed by atoms with van der Waals surface area (Å²) in [6.45, 7) is 0. The fraction of sp³-hybridized carbons (Fsp3) is 0.250. The van der Waals surface area contributed by atoms with Crippen molar-refractivity contribution in [2.45, 2.75) is 24.1 Å². The average Bonchev–Trinajstić information content (AvgIpc) is 2.30. The Labute approximate surface area is 118 Å². The van der Waals surface area contributed by atoms with Gasteiger partial charge in [0.15, 0.2) is 0 Å². The van der Waals surface area contributed by atoms with Gasteiger partial charge in [-0.3, -0.25) is 0 Å². The quantitative estimate of drug-likeness (QED) is 0.705. The van der Waals surface area contributed by atoms with Gasteiger partial charge in [-0.2, -0.15) is 0 Å². The molecule has 0 aromatic heterocycles. The minimum atomic E-state index is 0.151. The molecular weight excluding hydrogens is 263 g/mol. The van der Waals surface area contributed by atoms with Crippen LogP contribution in [0.4, 0.5) is 0 Å². The molecule has 0 nitrogen and oxygen atoms in total. The Hall–Kier alpha value is -0.980. The van der Waals surface area contributed by atoms with Crippen molar-refractivity contribution in [1.29, 1.82) is 0 Å². The second-order valence-electron chi connectivity index (χ2n) is 4.86. The zero-order valence-corrected chi connectivity index (χ0v) is 11.5. The average molecular weight is 277 g/mol. The third kappa shape index (κ3) is 2.28. The maximum absolute atomic E-state index is 6.55. The van der Waals surface area contributed by atoms with Gasteiger partial charge in [0.1, 0.15) is 0 Å². The second kappa shape index (κ2) is 4.95. The van der Waals surface area contributed by atoms with E-state index < -0.39 is 0 Å². The zero-order chi connectivity index (χ0) is 12.5. The molecule has 0 fully saturated rings. The van der Waals surface area contributed by atoms with Gasteiger partial charge < -0.3 is 0 Å². The van der Waals surface area contributed by atoms with Crippen LogP contribution >= 0.6 is 23.2 Å². The van der Waals surface area contributed by atoms with Crippen molar-refractivity contribution in [3.05, 3.63) is 70.2 Å². The third-order valence-corrected chi connectivity index (χ3v) is 4.34. The number of fused-ring (bicyclic) bond motifs is 1. The minimum absolute atomic E-state index is 0.151. The van der Waals surface area contributed by atoms with E-state index in [1.165, 1.54) is 16.7 Å². The molecule has 2 heteroatoms. The van der Waals surface area contributed by atoms with Gasteiger partial charge in [0.05, 0.1) is 0 Å². The molecule has 0 spiro atoms. The van der Waals surface area contributed by atoms with Gasteiger partial charge in [0, 0.05) is 16.3 Å². The van der Waals surface area contributed by atoms with Crippen molar-refractivity contribution >= 4 is 23.2 Å². The smallest absolute Gasteiger partial charge is 0.0448 e. The van der Waals surface area contributed by atoms with Gasteiger partial charge in [-0.05, 0) is 41.7 Å². The SMILES string of the molecule is Clc1cccc(CC(Cl)C2Cc3ccccc32)c1. The Bertz CT molecular complexity index is 563. The molecule has 0 bridgehead atoms. The molecule has 0 heterocycles. The first-order valence-corrected chi connectivity index (χ1v) is 7.02. The summed E-state index contributed by atoms with van der Waals surface area (Å²) < 4.78 is 0. The highest BCUT2D eigenvalue weighted by atomic mass is 35.5. The van der Waals surface area contributed by atoms with E-state index in [1.54, 1.807) is 0 Å². The summed E-state index contributed by atoms with van der Waals surface area (Å²) in [5.74, 6) is 0.488. The minimum Gasteiger partial charge on any atom is -0.122 e. The van der Waals surface area contributed by atoms with Gasteiger partial charge >= 0.3 is 0 Å². The summed E-state index contributed by atoms with van der Waals surface area (Å²) in [5, 5.41) is 0.934. The van der Waals surface area contributed by atoms with Crippen LogP contribution in [-0.4, -0.2) is 5.38 Å². The first-order valence-electron chi connectivity index (χ1n) is 6.20. The molecule has 0 saturated heterocycles. The van der Waals surface area contributed by atoms with Crippen molar-refractivity contribution in [2.24, 2.45) is 0 Å². The third-order valence-electron chi connectivity index (χ3n) is 3.65. The number of rotatable bonds is 3. The van der Waals surface area contributed by atoms with Crippen molar-refractivity contribution in [1.82, 2.24) is 0 Å².